The van der Waals surface area contributed by atoms with Crippen molar-refractivity contribution < 1.29 is 4.55 Å². The van der Waals surface area contributed by atoms with Crippen molar-refractivity contribution >= 4 is 28.2 Å². The topological polar surface area (TPSA) is 52.3 Å². The van der Waals surface area contributed by atoms with Crippen molar-refractivity contribution in [3.8, 4) is 0 Å². The number of nitrogen functional groups attached to an aromatic ring is 1. The van der Waals surface area contributed by atoms with Crippen molar-refractivity contribution in [1.82, 2.24) is 0 Å². The average Bonchev–Trinajstić information content (AvgIpc) is 2.43. The Morgan fingerprint density at radius 3 is 2.50 bits per heavy atom. The summed E-state index contributed by atoms with van der Waals surface area (Å²) in [6.45, 7) is 6.23. The molecule has 0 spiro atoms. The van der Waals surface area contributed by atoms with Crippen LogP contribution in [0.3, 0.4) is 0 Å². The van der Waals surface area contributed by atoms with Gasteiger partial charge in [-0.2, -0.15) is 0 Å². The molecule has 0 radical (unpaired) electrons. The lowest BCUT2D eigenvalue weighted by atomic mass is 10.1. The fourth-order valence-corrected chi connectivity index (χ4v) is 4.05. The van der Waals surface area contributed by atoms with E-state index in [9.17, 15) is 4.55 Å². The van der Waals surface area contributed by atoms with E-state index in [1.807, 2.05) is 43.3 Å². The number of hydrogen-bond donors (Lipinski definition) is 1. The fourth-order valence-electron chi connectivity index (χ4n) is 2.68. The number of anilines is 3. The number of fused-ring (bicyclic) bond motifs is 2. The fraction of sp³-hybridized carbons (Fsp3) is 0.250. The summed E-state index contributed by atoms with van der Waals surface area (Å²) in [5.41, 5.74) is 9.91. The summed E-state index contributed by atoms with van der Waals surface area (Å²) in [4.78, 5) is 3.85. The summed E-state index contributed by atoms with van der Waals surface area (Å²) < 4.78 is 12.8. The SMILES string of the molecule is Cc1ccc2c(c1N)N(C(C)C)c1ccccc1[S+]2[O-]. The van der Waals surface area contributed by atoms with Gasteiger partial charge in [-0.15, -0.1) is 0 Å². The smallest absolute Gasteiger partial charge is 0.184 e. The lowest BCUT2D eigenvalue weighted by Crippen LogP contribution is -2.32. The quantitative estimate of drug-likeness (QED) is 0.643. The van der Waals surface area contributed by atoms with E-state index < -0.39 is 11.2 Å². The third-order valence-electron chi connectivity index (χ3n) is 3.68. The van der Waals surface area contributed by atoms with Crippen LogP contribution < -0.4 is 10.6 Å². The van der Waals surface area contributed by atoms with Crippen molar-refractivity contribution in [3.63, 3.8) is 0 Å². The van der Waals surface area contributed by atoms with Crippen molar-refractivity contribution in [2.45, 2.75) is 36.6 Å². The summed E-state index contributed by atoms with van der Waals surface area (Å²) in [7, 11) is 0. The summed E-state index contributed by atoms with van der Waals surface area (Å²) in [6.07, 6.45) is 0. The Kier molecular flexibility index (Phi) is 3.15. The second-order valence-corrected chi connectivity index (χ2v) is 6.76. The highest BCUT2D eigenvalue weighted by Gasteiger charge is 2.36. The minimum absolute atomic E-state index is 0.247. The monoisotopic (exact) mass is 286 g/mol. The second-order valence-electron chi connectivity index (χ2n) is 5.34. The second kappa shape index (κ2) is 4.72. The molecule has 2 N–H and O–H groups in total. The Morgan fingerprint density at radius 2 is 1.80 bits per heavy atom. The molecule has 4 heteroatoms. The number of nitrogens with zero attached hydrogens (tertiary/aromatic N) is 1. The third kappa shape index (κ3) is 1.79. The molecule has 1 atom stereocenters. The summed E-state index contributed by atoms with van der Waals surface area (Å²) in [6, 6.07) is 12.0. The Hall–Kier alpha value is -1.65. The maximum absolute atomic E-state index is 12.8. The maximum Gasteiger partial charge on any atom is 0.184 e. The Balaban J connectivity index is 2.33. The maximum atomic E-state index is 12.8. The van der Waals surface area contributed by atoms with Crippen LogP contribution >= 0.6 is 0 Å². The van der Waals surface area contributed by atoms with Gasteiger partial charge in [-0.1, -0.05) is 18.2 Å². The zero-order chi connectivity index (χ0) is 14.4. The molecule has 20 heavy (non-hydrogen) atoms. The van der Waals surface area contributed by atoms with Crippen LogP contribution in [-0.2, 0) is 11.2 Å². The van der Waals surface area contributed by atoms with E-state index >= 15 is 0 Å². The Bertz CT molecular complexity index is 670. The van der Waals surface area contributed by atoms with Crippen molar-refractivity contribution in [2.75, 3.05) is 10.6 Å². The molecular formula is C16H18N2OS. The first-order valence-electron chi connectivity index (χ1n) is 6.71. The number of para-hydroxylation sites is 1. The van der Waals surface area contributed by atoms with Crippen LogP contribution in [-0.4, -0.2) is 10.6 Å². The van der Waals surface area contributed by atoms with E-state index in [0.29, 0.717) is 0 Å². The van der Waals surface area contributed by atoms with Crippen LogP contribution in [0.2, 0.25) is 0 Å². The van der Waals surface area contributed by atoms with Crippen LogP contribution in [0, 0.1) is 6.92 Å². The van der Waals surface area contributed by atoms with Gasteiger partial charge >= 0.3 is 0 Å². The molecule has 2 aromatic rings. The van der Waals surface area contributed by atoms with Gasteiger partial charge in [-0.05, 0) is 44.5 Å². The molecule has 0 fully saturated rings. The molecule has 0 aliphatic carbocycles. The lowest BCUT2D eigenvalue weighted by molar-refractivity contribution is 0.591. The van der Waals surface area contributed by atoms with E-state index in [4.69, 9.17) is 5.73 Å². The highest BCUT2D eigenvalue weighted by molar-refractivity contribution is 7.92. The molecule has 2 aromatic carbocycles. The van der Waals surface area contributed by atoms with Crippen molar-refractivity contribution in [2.24, 2.45) is 0 Å². The number of hydrogen-bond acceptors (Lipinski definition) is 3. The van der Waals surface area contributed by atoms with Gasteiger partial charge in [0.1, 0.15) is 5.69 Å². The molecule has 1 unspecified atom stereocenters. The van der Waals surface area contributed by atoms with Crippen LogP contribution in [0.4, 0.5) is 17.1 Å². The van der Waals surface area contributed by atoms with Gasteiger partial charge in [-0.3, -0.25) is 0 Å². The minimum Gasteiger partial charge on any atom is -0.606 e. The van der Waals surface area contributed by atoms with Gasteiger partial charge in [0.05, 0.1) is 11.4 Å². The van der Waals surface area contributed by atoms with E-state index in [-0.39, 0.29) is 6.04 Å². The largest absolute Gasteiger partial charge is 0.606 e. The van der Waals surface area contributed by atoms with Crippen LogP contribution in [0.25, 0.3) is 0 Å². The molecule has 104 valence electrons. The number of nitrogens with two attached hydrogens (primary N) is 1. The average molecular weight is 286 g/mol. The molecule has 1 heterocycles. The zero-order valence-corrected chi connectivity index (χ0v) is 12.7. The number of aryl methyl sites for hydroxylation is 1. The molecule has 0 saturated heterocycles. The van der Waals surface area contributed by atoms with Gasteiger partial charge in [0, 0.05) is 17.2 Å². The first kappa shape index (κ1) is 13.3. The van der Waals surface area contributed by atoms with E-state index in [0.717, 1.165) is 32.4 Å². The summed E-state index contributed by atoms with van der Waals surface area (Å²) in [5, 5.41) is 0. The first-order chi connectivity index (χ1) is 9.52. The molecule has 0 saturated carbocycles. The van der Waals surface area contributed by atoms with Crippen LogP contribution in [0.5, 0.6) is 0 Å². The van der Waals surface area contributed by atoms with E-state index in [1.165, 1.54) is 0 Å². The van der Waals surface area contributed by atoms with Crippen molar-refractivity contribution in [1.29, 1.82) is 0 Å². The highest BCUT2D eigenvalue weighted by Crippen LogP contribution is 2.48. The molecule has 3 rings (SSSR count). The van der Waals surface area contributed by atoms with Gasteiger partial charge in [-0.25, -0.2) is 0 Å². The zero-order valence-electron chi connectivity index (χ0n) is 11.9. The Labute approximate surface area is 122 Å². The Morgan fingerprint density at radius 1 is 1.10 bits per heavy atom. The molecule has 0 bridgehead atoms. The number of benzene rings is 2. The molecule has 0 amide bonds. The molecule has 1 aliphatic rings. The first-order valence-corrected chi connectivity index (χ1v) is 7.86. The minimum atomic E-state index is -1.17. The highest BCUT2D eigenvalue weighted by atomic mass is 32.2. The normalized spacial score (nSPS) is 17.1. The van der Waals surface area contributed by atoms with Crippen LogP contribution in [0.15, 0.2) is 46.2 Å². The lowest BCUT2D eigenvalue weighted by Gasteiger charge is -2.36. The van der Waals surface area contributed by atoms with E-state index in [2.05, 4.69) is 18.7 Å². The van der Waals surface area contributed by atoms with Crippen molar-refractivity contribution in [3.05, 3.63) is 42.0 Å². The molecule has 0 aromatic heterocycles. The van der Waals surface area contributed by atoms with Gasteiger partial charge in [0.25, 0.3) is 0 Å². The predicted octanol–water partition coefficient (Wildman–Crippen LogP) is 3.60. The molecule has 1 aliphatic heterocycles. The molecular weight excluding hydrogens is 268 g/mol. The molecule has 3 nitrogen and oxygen atoms in total. The van der Waals surface area contributed by atoms with Gasteiger partial charge < -0.3 is 15.2 Å². The summed E-state index contributed by atoms with van der Waals surface area (Å²) in [5.74, 6) is 0. The standard InChI is InChI=1S/C16H18N2OS/c1-10(2)18-12-6-4-5-7-13(12)20(19)14-9-8-11(3)15(17)16(14)18/h4-10H,17H2,1-3H3. The van der Waals surface area contributed by atoms with Crippen LogP contribution in [0.1, 0.15) is 19.4 Å². The third-order valence-corrected chi connectivity index (χ3v) is 5.15. The predicted molar refractivity (Wildman–Crippen MR) is 84.0 cm³/mol. The summed E-state index contributed by atoms with van der Waals surface area (Å²) >= 11 is -1.17. The van der Waals surface area contributed by atoms with E-state index in [1.54, 1.807) is 0 Å². The van der Waals surface area contributed by atoms with Gasteiger partial charge in [0.2, 0.25) is 0 Å². The van der Waals surface area contributed by atoms with Gasteiger partial charge in [0.15, 0.2) is 9.79 Å². The number of rotatable bonds is 1.